The standard InChI is InChI=1S/C10H14O3/c1-3-12-10(2,11)13-9-7-5-4-6-8-9/h4-8,11H,3H2,1-2H3. The third kappa shape index (κ3) is 3.44. The van der Waals surface area contributed by atoms with Gasteiger partial charge in [-0.1, -0.05) is 18.2 Å². The van der Waals surface area contributed by atoms with Gasteiger partial charge >= 0.3 is 5.97 Å². The number of rotatable bonds is 4. The Morgan fingerprint density at radius 2 is 1.92 bits per heavy atom. The molecule has 3 heteroatoms. The molecule has 0 bridgehead atoms. The molecule has 72 valence electrons. The molecule has 0 radical (unpaired) electrons. The van der Waals surface area contributed by atoms with E-state index in [1.165, 1.54) is 6.92 Å². The summed E-state index contributed by atoms with van der Waals surface area (Å²) in [7, 11) is 0. The molecular formula is C10H14O3. The van der Waals surface area contributed by atoms with Crippen LogP contribution in [-0.2, 0) is 4.74 Å². The zero-order chi connectivity index (χ0) is 9.73. The fourth-order valence-electron chi connectivity index (χ4n) is 1.00. The third-order valence-corrected chi connectivity index (χ3v) is 1.46. The normalized spacial score (nSPS) is 15.0. The Balaban J connectivity index is 2.58. The van der Waals surface area contributed by atoms with Crippen molar-refractivity contribution in [2.75, 3.05) is 6.61 Å². The largest absolute Gasteiger partial charge is 0.439 e. The number of hydrogen-bond donors (Lipinski definition) is 1. The molecule has 1 aromatic carbocycles. The number of benzene rings is 1. The molecule has 1 atom stereocenters. The molecule has 1 unspecified atom stereocenters. The second-order valence-corrected chi connectivity index (χ2v) is 2.75. The van der Waals surface area contributed by atoms with Gasteiger partial charge in [-0.15, -0.1) is 0 Å². The van der Waals surface area contributed by atoms with Crippen molar-refractivity contribution in [3.05, 3.63) is 30.3 Å². The van der Waals surface area contributed by atoms with Gasteiger partial charge in [-0.3, -0.25) is 0 Å². The minimum absolute atomic E-state index is 0.403. The first-order valence-corrected chi connectivity index (χ1v) is 4.24. The van der Waals surface area contributed by atoms with E-state index in [1.807, 2.05) is 18.2 Å². The summed E-state index contributed by atoms with van der Waals surface area (Å²) in [5.74, 6) is -0.961. The Kier molecular flexibility index (Phi) is 3.28. The highest BCUT2D eigenvalue weighted by Crippen LogP contribution is 2.16. The molecule has 0 heterocycles. The van der Waals surface area contributed by atoms with E-state index in [1.54, 1.807) is 19.1 Å². The fourth-order valence-corrected chi connectivity index (χ4v) is 1.00. The molecule has 1 aromatic rings. The Hall–Kier alpha value is -1.06. The smallest absolute Gasteiger partial charge is 0.321 e. The first-order chi connectivity index (χ1) is 6.14. The zero-order valence-electron chi connectivity index (χ0n) is 7.86. The highest BCUT2D eigenvalue weighted by molar-refractivity contribution is 5.21. The zero-order valence-corrected chi connectivity index (χ0v) is 7.86. The van der Waals surface area contributed by atoms with Gasteiger partial charge < -0.3 is 14.6 Å². The number of hydrogen-bond acceptors (Lipinski definition) is 3. The molecule has 1 rings (SSSR count). The van der Waals surface area contributed by atoms with Crippen molar-refractivity contribution in [3.63, 3.8) is 0 Å². The van der Waals surface area contributed by atoms with Crippen LogP contribution in [0.1, 0.15) is 13.8 Å². The maximum atomic E-state index is 9.52. The first kappa shape index (κ1) is 10.0. The van der Waals surface area contributed by atoms with Gasteiger partial charge in [0.1, 0.15) is 5.75 Å². The maximum Gasteiger partial charge on any atom is 0.321 e. The molecule has 0 aromatic heterocycles. The summed E-state index contributed by atoms with van der Waals surface area (Å²) < 4.78 is 10.1. The van der Waals surface area contributed by atoms with Crippen LogP contribution in [-0.4, -0.2) is 17.7 Å². The minimum atomic E-state index is -1.55. The van der Waals surface area contributed by atoms with E-state index < -0.39 is 5.97 Å². The lowest BCUT2D eigenvalue weighted by molar-refractivity contribution is -0.305. The molecule has 0 aliphatic carbocycles. The second kappa shape index (κ2) is 4.25. The molecule has 13 heavy (non-hydrogen) atoms. The maximum absolute atomic E-state index is 9.52. The number of para-hydroxylation sites is 1. The summed E-state index contributed by atoms with van der Waals surface area (Å²) in [4.78, 5) is 0. The molecule has 0 aliphatic rings. The van der Waals surface area contributed by atoms with Crippen LogP contribution < -0.4 is 4.74 Å². The van der Waals surface area contributed by atoms with Crippen molar-refractivity contribution >= 4 is 0 Å². The molecule has 0 spiro atoms. The molecule has 0 saturated carbocycles. The van der Waals surface area contributed by atoms with E-state index in [0.717, 1.165) is 0 Å². The topological polar surface area (TPSA) is 38.7 Å². The monoisotopic (exact) mass is 182 g/mol. The number of aliphatic hydroxyl groups is 1. The van der Waals surface area contributed by atoms with Gasteiger partial charge in [0.2, 0.25) is 0 Å². The van der Waals surface area contributed by atoms with E-state index >= 15 is 0 Å². The van der Waals surface area contributed by atoms with E-state index in [4.69, 9.17) is 9.47 Å². The van der Waals surface area contributed by atoms with Crippen molar-refractivity contribution < 1.29 is 14.6 Å². The summed E-state index contributed by atoms with van der Waals surface area (Å²) in [5, 5.41) is 9.52. The van der Waals surface area contributed by atoms with Crippen molar-refractivity contribution in [1.82, 2.24) is 0 Å². The van der Waals surface area contributed by atoms with Crippen molar-refractivity contribution in [2.24, 2.45) is 0 Å². The van der Waals surface area contributed by atoms with Crippen LogP contribution >= 0.6 is 0 Å². The lowest BCUT2D eigenvalue weighted by Gasteiger charge is -2.23. The van der Waals surface area contributed by atoms with E-state index in [2.05, 4.69) is 0 Å². The van der Waals surface area contributed by atoms with Gasteiger partial charge in [0.25, 0.3) is 0 Å². The molecular weight excluding hydrogens is 168 g/mol. The Morgan fingerprint density at radius 1 is 1.31 bits per heavy atom. The quantitative estimate of drug-likeness (QED) is 0.721. The van der Waals surface area contributed by atoms with Gasteiger partial charge in [-0.05, 0) is 19.1 Å². The molecule has 3 nitrogen and oxygen atoms in total. The molecule has 0 saturated heterocycles. The SMILES string of the molecule is CCOC(C)(O)Oc1ccccc1. The van der Waals surface area contributed by atoms with E-state index in [0.29, 0.717) is 12.4 Å². The van der Waals surface area contributed by atoms with Crippen molar-refractivity contribution in [1.29, 1.82) is 0 Å². The van der Waals surface area contributed by atoms with Crippen LogP contribution in [0.2, 0.25) is 0 Å². The average Bonchev–Trinajstić information content (AvgIpc) is 2.04. The summed E-state index contributed by atoms with van der Waals surface area (Å²) in [6, 6.07) is 9.05. The third-order valence-electron chi connectivity index (χ3n) is 1.46. The van der Waals surface area contributed by atoms with Crippen LogP contribution in [0.4, 0.5) is 0 Å². The van der Waals surface area contributed by atoms with Crippen molar-refractivity contribution in [3.8, 4) is 5.75 Å². The lowest BCUT2D eigenvalue weighted by atomic mass is 10.3. The van der Waals surface area contributed by atoms with Gasteiger partial charge in [0.05, 0.1) is 6.61 Å². The highest BCUT2D eigenvalue weighted by atomic mass is 16.8. The van der Waals surface area contributed by atoms with Crippen molar-refractivity contribution in [2.45, 2.75) is 19.8 Å². The minimum Gasteiger partial charge on any atom is -0.439 e. The Bertz CT molecular complexity index is 244. The average molecular weight is 182 g/mol. The first-order valence-electron chi connectivity index (χ1n) is 4.24. The predicted molar refractivity (Wildman–Crippen MR) is 49.3 cm³/mol. The summed E-state index contributed by atoms with van der Waals surface area (Å²) in [5.41, 5.74) is 0. The van der Waals surface area contributed by atoms with Gasteiger partial charge in [0.15, 0.2) is 0 Å². The summed E-state index contributed by atoms with van der Waals surface area (Å²) in [6.07, 6.45) is 0. The predicted octanol–water partition coefficient (Wildman–Crippen LogP) is 1.77. The van der Waals surface area contributed by atoms with E-state index in [-0.39, 0.29) is 0 Å². The van der Waals surface area contributed by atoms with E-state index in [9.17, 15) is 5.11 Å². The fraction of sp³-hybridized carbons (Fsp3) is 0.400. The number of ether oxygens (including phenoxy) is 2. The van der Waals surface area contributed by atoms with Crippen LogP contribution in [0, 0.1) is 0 Å². The molecule has 1 N–H and O–H groups in total. The molecule has 0 fully saturated rings. The van der Waals surface area contributed by atoms with Crippen LogP contribution in [0.15, 0.2) is 30.3 Å². The Morgan fingerprint density at radius 3 is 2.46 bits per heavy atom. The van der Waals surface area contributed by atoms with Gasteiger partial charge in [-0.25, -0.2) is 0 Å². The van der Waals surface area contributed by atoms with Crippen LogP contribution in [0.5, 0.6) is 5.75 Å². The molecule has 0 aliphatic heterocycles. The highest BCUT2D eigenvalue weighted by Gasteiger charge is 2.21. The van der Waals surface area contributed by atoms with Crippen LogP contribution in [0.3, 0.4) is 0 Å². The summed E-state index contributed by atoms with van der Waals surface area (Å²) >= 11 is 0. The summed E-state index contributed by atoms with van der Waals surface area (Å²) in [6.45, 7) is 3.66. The Labute approximate surface area is 77.9 Å². The second-order valence-electron chi connectivity index (χ2n) is 2.75. The van der Waals surface area contributed by atoms with Crippen LogP contribution in [0.25, 0.3) is 0 Å². The van der Waals surface area contributed by atoms with Gasteiger partial charge in [0, 0.05) is 6.92 Å². The lowest BCUT2D eigenvalue weighted by Crippen LogP contribution is -2.35. The molecule has 0 amide bonds. The van der Waals surface area contributed by atoms with Gasteiger partial charge in [-0.2, -0.15) is 0 Å².